The van der Waals surface area contributed by atoms with Crippen LogP contribution in [0.25, 0.3) is 0 Å². The summed E-state index contributed by atoms with van der Waals surface area (Å²) >= 11 is 1.47. The van der Waals surface area contributed by atoms with Crippen LogP contribution in [0.3, 0.4) is 0 Å². The molecule has 8 heteroatoms. The molecule has 160 valence electrons. The summed E-state index contributed by atoms with van der Waals surface area (Å²) in [6.45, 7) is 12.0. The lowest BCUT2D eigenvalue weighted by Crippen LogP contribution is -2.49. The molecule has 1 amide bonds. The van der Waals surface area contributed by atoms with Crippen molar-refractivity contribution in [1.82, 2.24) is 20.9 Å². The number of hydrogen-bond donors (Lipinski definition) is 3. The van der Waals surface area contributed by atoms with E-state index in [2.05, 4.69) is 41.6 Å². The van der Waals surface area contributed by atoms with E-state index < -0.39 is 0 Å². The molecule has 0 unspecified atom stereocenters. The molecule has 0 spiro atoms. The maximum Gasteiger partial charge on any atom is 0.261 e. The number of thiophene rings is 1. The van der Waals surface area contributed by atoms with Crippen LogP contribution in [-0.4, -0.2) is 61.6 Å². The molecule has 1 aliphatic heterocycles. The Morgan fingerprint density at radius 3 is 2.54 bits per heavy atom. The van der Waals surface area contributed by atoms with Crippen LogP contribution >= 0.6 is 35.3 Å². The molecule has 3 N–H and O–H groups in total. The lowest BCUT2D eigenvalue weighted by atomic mass is 9.99. The van der Waals surface area contributed by atoms with Crippen LogP contribution in [0.1, 0.15) is 56.1 Å². The van der Waals surface area contributed by atoms with Crippen LogP contribution < -0.4 is 16.0 Å². The van der Waals surface area contributed by atoms with Crippen molar-refractivity contribution < 1.29 is 4.79 Å². The molecule has 1 saturated heterocycles. The minimum Gasteiger partial charge on any atom is -0.357 e. The Morgan fingerprint density at radius 2 is 1.89 bits per heavy atom. The third-order valence-electron chi connectivity index (χ3n) is 4.86. The van der Waals surface area contributed by atoms with Gasteiger partial charge in [-0.2, -0.15) is 0 Å². The van der Waals surface area contributed by atoms with Crippen LogP contribution in [0.15, 0.2) is 22.5 Å². The number of nitrogens with zero attached hydrogens (tertiary/aromatic N) is 2. The quantitative estimate of drug-likeness (QED) is 0.202. The Labute approximate surface area is 191 Å². The van der Waals surface area contributed by atoms with Crippen molar-refractivity contribution in [3.05, 3.63) is 22.4 Å². The Balaban J connectivity index is 0.00000392. The van der Waals surface area contributed by atoms with Crippen molar-refractivity contribution in [2.24, 2.45) is 4.99 Å². The number of amides is 1. The van der Waals surface area contributed by atoms with Crippen LogP contribution in [0, 0.1) is 0 Å². The normalized spacial score (nSPS) is 15.6. The molecular weight excluding hydrogens is 485 g/mol. The van der Waals surface area contributed by atoms with Gasteiger partial charge in [0.25, 0.3) is 5.91 Å². The van der Waals surface area contributed by atoms with Gasteiger partial charge in [0.1, 0.15) is 0 Å². The summed E-state index contributed by atoms with van der Waals surface area (Å²) in [6, 6.07) is 3.74. The molecule has 0 atom stereocenters. The van der Waals surface area contributed by atoms with E-state index in [4.69, 9.17) is 4.99 Å². The number of nitrogens with one attached hydrogen (secondary N) is 3. The fourth-order valence-corrected chi connectivity index (χ4v) is 3.85. The number of piperidine rings is 1. The van der Waals surface area contributed by atoms with E-state index in [9.17, 15) is 4.79 Å². The monoisotopic (exact) mass is 521 g/mol. The first-order valence-electron chi connectivity index (χ1n) is 10.1. The predicted molar refractivity (Wildman–Crippen MR) is 130 cm³/mol. The number of carbonyl (C=O) groups excluding carboxylic acids is 1. The molecule has 6 nitrogen and oxygen atoms in total. The minimum absolute atomic E-state index is 0. The van der Waals surface area contributed by atoms with Crippen molar-refractivity contribution in [3.63, 3.8) is 0 Å². The molecule has 1 fully saturated rings. The summed E-state index contributed by atoms with van der Waals surface area (Å²) in [6.07, 6.45) is 4.80. The Morgan fingerprint density at radius 1 is 1.18 bits per heavy atom. The molecule has 0 saturated carbocycles. The van der Waals surface area contributed by atoms with Gasteiger partial charge in [-0.3, -0.25) is 14.7 Å². The molecule has 0 aromatic carbocycles. The van der Waals surface area contributed by atoms with Crippen LogP contribution in [-0.2, 0) is 0 Å². The summed E-state index contributed by atoms with van der Waals surface area (Å²) in [5.41, 5.74) is 0.0808. The lowest BCUT2D eigenvalue weighted by molar-refractivity contribution is 0.0957. The highest BCUT2D eigenvalue weighted by Crippen LogP contribution is 2.20. The van der Waals surface area contributed by atoms with E-state index in [-0.39, 0.29) is 35.4 Å². The number of carbonyl (C=O) groups is 1. The number of halogens is 1. The van der Waals surface area contributed by atoms with Gasteiger partial charge in [0.15, 0.2) is 5.96 Å². The SMILES string of the molecule is CCNC(=NCC(C)(C)N1CCCCC1)NCCCNC(=O)c1cccs1.I. The van der Waals surface area contributed by atoms with Gasteiger partial charge < -0.3 is 16.0 Å². The summed E-state index contributed by atoms with van der Waals surface area (Å²) in [5.74, 6) is 0.862. The largest absolute Gasteiger partial charge is 0.357 e. The van der Waals surface area contributed by atoms with Crippen molar-refractivity contribution in [2.45, 2.75) is 52.0 Å². The van der Waals surface area contributed by atoms with Gasteiger partial charge in [-0.15, -0.1) is 35.3 Å². The second kappa shape index (κ2) is 13.4. The average molecular weight is 522 g/mol. The highest BCUT2D eigenvalue weighted by atomic mass is 127. The zero-order valence-electron chi connectivity index (χ0n) is 17.4. The molecule has 2 heterocycles. The number of aliphatic imine (C=N–C) groups is 1. The minimum atomic E-state index is 0. The summed E-state index contributed by atoms with van der Waals surface area (Å²) < 4.78 is 0. The highest BCUT2D eigenvalue weighted by molar-refractivity contribution is 14.0. The number of rotatable bonds is 9. The maximum atomic E-state index is 11.9. The van der Waals surface area contributed by atoms with E-state index in [0.29, 0.717) is 6.54 Å². The zero-order valence-corrected chi connectivity index (χ0v) is 20.6. The van der Waals surface area contributed by atoms with Gasteiger partial charge in [0.05, 0.1) is 11.4 Å². The van der Waals surface area contributed by atoms with Crippen LogP contribution in [0.5, 0.6) is 0 Å². The van der Waals surface area contributed by atoms with Gasteiger partial charge in [-0.1, -0.05) is 12.5 Å². The highest BCUT2D eigenvalue weighted by Gasteiger charge is 2.27. The molecule has 0 bridgehead atoms. The molecule has 2 rings (SSSR count). The smallest absolute Gasteiger partial charge is 0.261 e. The standard InChI is InChI=1S/C20H35N5OS.HI/c1-4-21-19(24-16-20(2,3)25-13-6-5-7-14-25)23-12-9-11-22-18(26)17-10-8-15-27-17;/h8,10,15H,4-7,9,11-14,16H2,1-3H3,(H,22,26)(H2,21,23,24);1H. The van der Waals surface area contributed by atoms with Crippen LogP contribution in [0.4, 0.5) is 0 Å². The lowest BCUT2D eigenvalue weighted by Gasteiger charge is -2.40. The second-order valence-electron chi connectivity index (χ2n) is 7.57. The Bertz CT molecular complexity index is 585. The molecule has 28 heavy (non-hydrogen) atoms. The first-order chi connectivity index (χ1) is 13.0. The maximum absolute atomic E-state index is 11.9. The van der Waals surface area contributed by atoms with Gasteiger partial charge >= 0.3 is 0 Å². The predicted octanol–water partition coefficient (Wildman–Crippen LogP) is 3.31. The molecular formula is C20H36IN5OS. The molecule has 1 aromatic heterocycles. The fraction of sp³-hybridized carbons (Fsp3) is 0.700. The Hall–Kier alpha value is -0.870. The topological polar surface area (TPSA) is 68.8 Å². The summed E-state index contributed by atoms with van der Waals surface area (Å²) in [4.78, 5) is 20.0. The first-order valence-corrected chi connectivity index (χ1v) is 11.0. The van der Waals surface area contributed by atoms with Crippen molar-refractivity contribution in [3.8, 4) is 0 Å². The van der Waals surface area contributed by atoms with Gasteiger partial charge in [-0.05, 0) is 64.6 Å². The van der Waals surface area contributed by atoms with Crippen molar-refractivity contribution in [1.29, 1.82) is 0 Å². The number of hydrogen-bond acceptors (Lipinski definition) is 4. The molecule has 1 aliphatic rings. The number of guanidine groups is 1. The summed E-state index contributed by atoms with van der Waals surface area (Å²) in [5, 5.41) is 11.6. The second-order valence-corrected chi connectivity index (χ2v) is 8.52. The van der Waals surface area contributed by atoms with Crippen molar-refractivity contribution in [2.75, 3.05) is 39.3 Å². The van der Waals surface area contributed by atoms with E-state index >= 15 is 0 Å². The van der Waals surface area contributed by atoms with Gasteiger partial charge in [0, 0.05) is 25.2 Å². The van der Waals surface area contributed by atoms with Crippen molar-refractivity contribution >= 4 is 47.2 Å². The number of likely N-dealkylation sites (tertiary alicyclic amines) is 1. The third kappa shape index (κ3) is 8.65. The van der Waals surface area contributed by atoms with Gasteiger partial charge in [0.2, 0.25) is 0 Å². The average Bonchev–Trinajstić information content (AvgIpc) is 3.21. The molecule has 1 aromatic rings. The first kappa shape index (κ1) is 25.2. The summed E-state index contributed by atoms with van der Waals surface area (Å²) in [7, 11) is 0. The van der Waals surface area contributed by atoms with Gasteiger partial charge in [-0.25, -0.2) is 0 Å². The van der Waals surface area contributed by atoms with E-state index in [0.717, 1.165) is 36.9 Å². The fourth-order valence-electron chi connectivity index (χ4n) is 3.21. The van der Waals surface area contributed by atoms with Crippen LogP contribution in [0.2, 0.25) is 0 Å². The Kier molecular flexibility index (Phi) is 12.0. The third-order valence-corrected chi connectivity index (χ3v) is 5.73. The van der Waals surface area contributed by atoms with E-state index in [1.54, 1.807) is 0 Å². The van der Waals surface area contributed by atoms with E-state index in [1.807, 2.05) is 17.5 Å². The van der Waals surface area contributed by atoms with E-state index in [1.165, 1.54) is 43.7 Å². The molecule has 0 radical (unpaired) electrons. The zero-order chi connectivity index (χ0) is 19.5. The molecule has 0 aliphatic carbocycles.